The lowest BCUT2D eigenvalue weighted by atomic mass is 9.94. The van der Waals surface area contributed by atoms with Gasteiger partial charge in [0, 0.05) is 39.1 Å². The summed E-state index contributed by atoms with van der Waals surface area (Å²) in [5.74, 6) is 0.403. The molecular weight excluding hydrogens is 424 g/mol. The molecule has 1 aromatic rings. The zero-order valence-corrected chi connectivity index (χ0v) is 16.6. The third-order valence-corrected chi connectivity index (χ3v) is 4.01. The minimum absolute atomic E-state index is 0. The normalized spacial score (nSPS) is 17.1. The Morgan fingerprint density at radius 1 is 1.33 bits per heavy atom. The van der Waals surface area contributed by atoms with Crippen LogP contribution >= 0.6 is 24.0 Å². The van der Waals surface area contributed by atoms with Crippen molar-refractivity contribution in [1.82, 2.24) is 10.6 Å². The summed E-state index contributed by atoms with van der Waals surface area (Å²) >= 11 is 0. The third-order valence-electron chi connectivity index (χ3n) is 4.01. The summed E-state index contributed by atoms with van der Waals surface area (Å²) < 4.78 is 18.8. The van der Waals surface area contributed by atoms with E-state index in [-0.39, 0.29) is 29.8 Å². The van der Waals surface area contributed by atoms with E-state index < -0.39 is 5.60 Å². The molecule has 0 aromatic heterocycles. The van der Waals surface area contributed by atoms with E-state index in [1.807, 2.05) is 13.0 Å². The van der Waals surface area contributed by atoms with Crippen molar-refractivity contribution in [2.24, 2.45) is 4.99 Å². The van der Waals surface area contributed by atoms with Gasteiger partial charge < -0.3 is 20.5 Å². The van der Waals surface area contributed by atoms with Gasteiger partial charge in [-0.1, -0.05) is 12.1 Å². The van der Waals surface area contributed by atoms with Crippen LogP contribution in [-0.4, -0.2) is 43.0 Å². The van der Waals surface area contributed by atoms with Gasteiger partial charge in [0.1, 0.15) is 5.82 Å². The predicted molar refractivity (Wildman–Crippen MR) is 104 cm³/mol. The molecule has 0 bridgehead atoms. The fourth-order valence-electron chi connectivity index (χ4n) is 2.42. The Hall–Kier alpha value is -0.930. The Balaban J connectivity index is 0.00000288. The van der Waals surface area contributed by atoms with E-state index in [0.717, 1.165) is 12.1 Å². The molecule has 1 fully saturated rings. The first-order chi connectivity index (χ1) is 11.0. The highest BCUT2D eigenvalue weighted by Crippen LogP contribution is 2.19. The molecule has 0 radical (unpaired) electrons. The Morgan fingerprint density at radius 2 is 2.04 bits per heavy atom. The van der Waals surface area contributed by atoms with Crippen molar-refractivity contribution in [1.29, 1.82) is 0 Å². The van der Waals surface area contributed by atoms with Crippen LogP contribution in [0, 0.1) is 12.7 Å². The van der Waals surface area contributed by atoms with Crippen LogP contribution in [-0.2, 0) is 11.3 Å². The molecule has 24 heavy (non-hydrogen) atoms. The van der Waals surface area contributed by atoms with Crippen LogP contribution in [0.25, 0.3) is 0 Å². The predicted octanol–water partition coefficient (Wildman–Crippen LogP) is 2.35. The lowest BCUT2D eigenvalue weighted by Gasteiger charge is -2.32. The maximum Gasteiger partial charge on any atom is 0.191 e. The average molecular weight is 451 g/mol. The minimum Gasteiger partial charge on any atom is -0.388 e. The van der Waals surface area contributed by atoms with Gasteiger partial charge in [0.2, 0.25) is 0 Å². The van der Waals surface area contributed by atoms with Crippen LogP contribution < -0.4 is 10.6 Å². The lowest BCUT2D eigenvalue weighted by Crippen LogP contribution is -2.49. The number of rotatable bonds is 5. The summed E-state index contributed by atoms with van der Waals surface area (Å²) in [6.45, 7) is 6.39. The van der Waals surface area contributed by atoms with E-state index in [1.54, 1.807) is 13.0 Å². The highest BCUT2D eigenvalue weighted by atomic mass is 127. The molecule has 1 aromatic carbocycles. The van der Waals surface area contributed by atoms with Gasteiger partial charge in [0.15, 0.2) is 5.96 Å². The summed E-state index contributed by atoms with van der Waals surface area (Å²) in [7, 11) is 0. The largest absolute Gasteiger partial charge is 0.388 e. The zero-order chi connectivity index (χ0) is 16.7. The van der Waals surface area contributed by atoms with Gasteiger partial charge >= 0.3 is 0 Å². The summed E-state index contributed by atoms with van der Waals surface area (Å²) in [5.41, 5.74) is 0.685. The third kappa shape index (κ3) is 6.52. The van der Waals surface area contributed by atoms with Crippen molar-refractivity contribution in [3.05, 3.63) is 35.1 Å². The summed E-state index contributed by atoms with van der Waals surface area (Å²) in [5, 5.41) is 16.8. The number of hydrogen-bond acceptors (Lipinski definition) is 3. The lowest BCUT2D eigenvalue weighted by molar-refractivity contribution is -0.0594. The number of nitrogens with zero attached hydrogens (tertiary/aromatic N) is 1. The minimum atomic E-state index is -0.760. The number of aliphatic imine (C=N–C) groups is 1. The molecule has 0 amide bonds. The molecule has 1 aliphatic rings. The smallest absolute Gasteiger partial charge is 0.191 e. The van der Waals surface area contributed by atoms with Gasteiger partial charge in [-0.2, -0.15) is 0 Å². The van der Waals surface area contributed by atoms with E-state index in [0.29, 0.717) is 50.7 Å². The second-order valence-corrected chi connectivity index (χ2v) is 5.97. The Labute approximate surface area is 160 Å². The van der Waals surface area contributed by atoms with Gasteiger partial charge in [-0.25, -0.2) is 9.38 Å². The quantitative estimate of drug-likeness (QED) is 0.366. The van der Waals surface area contributed by atoms with Gasteiger partial charge in [0.25, 0.3) is 0 Å². The summed E-state index contributed by atoms with van der Waals surface area (Å²) in [4.78, 5) is 4.46. The van der Waals surface area contributed by atoms with Crippen molar-refractivity contribution in [2.75, 3.05) is 26.3 Å². The fourth-order valence-corrected chi connectivity index (χ4v) is 2.42. The van der Waals surface area contributed by atoms with E-state index >= 15 is 0 Å². The maximum absolute atomic E-state index is 13.6. The van der Waals surface area contributed by atoms with E-state index in [9.17, 15) is 9.50 Å². The second-order valence-electron chi connectivity index (χ2n) is 5.97. The van der Waals surface area contributed by atoms with Crippen molar-refractivity contribution >= 4 is 29.9 Å². The van der Waals surface area contributed by atoms with Crippen LogP contribution in [0.3, 0.4) is 0 Å². The number of halogens is 2. The molecule has 136 valence electrons. The number of benzene rings is 1. The molecule has 1 saturated heterocycles. The molecule has 3 N–H and O–H groups in total. The number of ether oxygens (including phenoxy) is 1. The molecule has 0 unspecified atom stereocenters. The van der Waals surface area contributed by atoms with Crippen molar-refractivity contribution in [3.63, 3.8) is 0 Å². The summed E-state index contributed by atoms with van der Waals surface area (Å²) in [6.07, 6.45) is 1.23. The van der Waals surface area contributed by atoms with Crippen molar-refractivity contribution in [2.45, 2.75) is 38.8 Å². The average Bonchev–Trinajstić information content (AvgIpc) is 2.54. The Kier molecular flexibility index (Phi) is 8.93. The van der Waals surface area contributed by atoms with E-state index in [2.05, 4.69) is 15.6 Å². The maximum atomic E-state index is 13.6. The monoisotopic (exact) mass is 451 g/mol. The van der Waals surface area contributed by atoms with E-state index in [4.69, 9.17) is 4.74 Å². The molecule has 5 nitrogen and oxygen atoms in total. The molecular formula is C17H27FIN3O2. The van der Waals surface area contributed by atoms with Crippen LogP contribution in [0.2, 0.25) is 0 Å². The van der Waals surface area contributed by atoms with Gasteiger partial charge in [0.05, 0.1) is 12.1 Å². The molecule has 2 rings (SSSR count). The van der Waals surface area contributed by atoms with Crippen molar-refractivity contribution < 1.29 is 14.2 Å². The SMILES string of the molecule is CCNC(=NCc1ccc(C)c(F)c1)NCC1(O)CCOCC1.I. The van der Waals surface area contributed by atoms with Crippen LogP contribution in [0.1, 0.15) is 30.9 Å². The molecule has 7 heteroatoms. The molecule has 0 saturated carbocycles. The zero-order valence-electron chi connectivity index (χ0n) is 14.3. The standard InChI is InChI=1S/C17H26FN3O2.HI/c1-3-19-16(21-12-17(22)6-8-23-9-7-17)20-11-14-5-4-13(2)15(18)10-14;/h4-5,10,22H,3,6-9,11-12H2,1-2H3,(H2,19,20,21);1H. The second kappa shape index (κ2) is 10.1. The Morgan fingerprint density at radius 3 is 2.67 bits per heavy atom. The highest BCUT2D eigenvalue weighted by Gasteiger charge is 2.29. The molecule has 1 heterocycles. The summed E-state index contributed by atoms with van der Waals surface area (Å²) in [6, 6.07) is 5.14. The van der Waals surface area contributed by atoms with Gasteiger partial charge in [-0.05, 0) is 31.0 Å². The number of aliphatic hydroxyl groups is 1. The Bertz CT molecular complexity index is 549. The number of aryl methyl sites for hydroxylation is 1. The van der Waals surface area contributed by atoms with Crippen LogP contribution in [0.4, 0.5) is 4.39 Å². The number of guanidine groups is 1. The van der Waals surface area contributed by atoms with E-state index in [1.165, 1.54) is 6.07 Å². The highest BCUT2D eigenvalue weighted by molar-refractivity contribution is 14.0. The first-order valence-corrected chi connectivity index (χ1v) is 8.10. The number of nitrogens with one attached hydrogen (secondary N) is 2. The van der Waals surface area contributed by atoms with Crippen LogP contribution in [0.5, 0.6) is 0 Å². The fraction of sp³-hybridized carbons (Fsp3) is 0.588. The molecule has 0 aliphatic carbocycles. The first kappa shape index (κ1) is 21.1. The van der Waals surface area contributed by atoms with Crippen molar-refractivity contribution in [3.8, 4) is 0 Å². The first-order valence-electron chi connectivity index (χ1n) is 8.10. The van der Waals surface area contributed by atoms with Gasteiger partial charge in [-0.3, -0.25) is 0 Å². The van der Waals surface area contributed by atoms with Gasteiger partial charge in [-0.15, -0.1) is 24.0 Å². The molecule has 0 spiro atoms. The molecule has 1 aliphatic heterocycles. The van der Waals surface area contributed by atoms with Crippen LogP contribution in [0.15, 0.2) is 23.2 Å². The number of hydrogen-bond donors (Lipinski definition) is 3. The topological polar surface area (TPSA) is 65.9 Å². The molecule has 0 atom stereocenters.